The number of carbonyl (C=O) groups excluding carboxylic acids is 1. The molecule has 0 aliphatic heterocycles. The first-order chi connectivity index (χ1) is 10.4. The van der Waals surface area contributed by atoms with Crippen LogP contribution in [0, 0.1) is 11.8 Å². The van der Waals surface area contributed by atoms with Gasteiger partial charge in [-0.25, -0.2) is 0 Å². The Balaban J connectivity index is 2.46. The zero-order chi connectivity index (χ0) is 16.5. The smallest absolute Gasteiger partial charge is 0.304 e. The summed E-state index contributed by atoms with van der Waals surface area (Å²) in [6.07, 6.45) is 0.698. The molecule has 0 radical (unpaired) electrons. The number of thioether (sulfide) groups is 1. The lowest BCUT2D eigenvalue weighted by Crippen LogP contribution is -2.17. The maximum atomic E-state index is 12.0. The molecule has 1 amide bonds. The van der Waals surface area contributed by atoms with Crippen molar-refractivity contribution in [2.45, 2.75) is 39.4 Å². The van der Waals surface area contributed by atoms with E-state index in [1.807, 2.05) is 24.3 Å². The van der Waals surface area contributed by atoms with Gasteiger partial charge in [0, 0.05) is 23.6 Å². The molecule has 4 nitrogen and oxygen atoms in total. The van der Waals surface area contributed by atoms with Crippen molar-refractivity contribution in [2.75, 3.05) is 11.1 Å². The Labute approximate surface area is 136 Å². The number of aliphatic carboxylic acids is 1. The number of amides is 1. The van der Waals surface area contributed by atoms with Gasteiger partial charge < -0.3 is 10.4 Å². The van der Waals surface area contributed by atoms with E-state index in [1.54, 1.807) is 11.8 Å². The number of carboxylic acid groups (broad SMARTS) is 1. The van der Waals surface area contributed by atoms with E-state index < -0.39 is 5.97 Å². The fourth-order valence-electron chi connectivity index (χ4n) is 1.83. The Morgan fingerprint density at radius 2 is 2.00 bits per heavy atom. The number of benzene rings is 1. The van der Waals surface area contributed by atoms with E-state index in [-0.39, 0.29) is 12.3 Å². The number of carbonyl (C=O) groups is 2. The monoisotopic (exact) mass is 323 g/mol. The zero-order valence-electron chi connectivity index (χ0n) is 13.5. The van der Waals surface area contributed by atoms with E-state index in [2.05, 4.69) is 26.1 Å². The Bertz CT molecular complexity index is 502. The summed E-state index contributed by atoms with van der Waals surface area (Å²) in [6.45, 7) is 6.32. The molecule has 0 saturated heterocycles. The second kappa shape index (κ2) is 9.51. The van der Waals surface area contributed by atoms with Crippen LogP contribution in [0.25, 0.3) is 0 Å². The molecule has 1 aromatic carbocycles. The fourth-order valence-corrected chi connectivity index (χ4v) is 2.71. The summed E-state index contributed by atoms with van der Waals surface area (Å²) in [4.78, 5) is 22.5. The van der Waals surface area contributed by atoms with E-state index in [0.717, 1.165) is 17.0 Å². The van der Waals surface area contributed by atoms with Gasteiger partial charge in [0.2, 0.25) is 5.91 Å². The van der Waals surface area contributed by atoms with Gasteiger partial charge in [-0.15, -0.1) is 0 Å². The van der Waals surface area contributed by atoms with Crippen molar-refractivity contribution in [3.05, 3.63) is 29.8 Å². The molecular weight excluding hydrogens is 298 g/mol. The third-order valence-electron chi connectivity index (χ3n) is 3.59. The molecule has 0 aromatic heterocycles. The van der Waals surface area contributed by atoms with Crippen molar-refractivity contribution in [3.8, 4) is 0 Å². The molecule has 0 fully saturated rings. The number of nitrogens with one attached hydrogen (secondary N) is 1. The summed E-state index contributed by atoms with van der Waals surface area (Å²) in [6, 6.07) is 7.73. The molecular formula is C17H25NO3S. The van der Waals surface area contributed by atoms with Gasteiger partial charge in [0.25, 0.3) is 0 Å². The van der Waals surface area contributed by atoms with Gasteiger partial charge in [-0.05, 0) is 29.5 Å². The Hall–Kier alpha value is -1.49. The summed E-state index contributed by atoms with van der Waals surface area (Å²) in [5, 5.41) is 11.5. The average molecular weight is 323 g/mol. The highest BCUT2D eigenvalue weighted by Crippen LogP contribution is 2.19. The second-order valence-corrected chi connectivity index (χ2v) is 6.98. The summed E-state index contributed by atoms with van der Waals surface area (Å²) >= 11 is 1.58. The molecule has 0 aliphatic rings. The van der Waals surface area contributed by atoms with Crippen LogP contribution in [0.15, 0.2) is 24.3 Å². The Morgan fingerprint density at radius 1 is 1.27 bits per heavy atom. The van der Waals surface area contributed by atoms with E-state index in [0.29, 0.717) is 24.0 Å². The van der Waals surface area contributed by atoms with Crippen LogP contribution in [0.2, 0.25) is 0 Å². The van der Waals surface area contributed by atoms with Crippen molar-refractivity contribution >= 4 is 29.3 Å². The van der Waals surface area contributed by atoms with Gasteiger partial charge in [-0.1, -0.05) is 32.9 Å². The van der Waals surface area contributed by atoms with Crippen molar-refractivity contribution in [2.24, 2.45) is 11.8 Å². The van der Waals surface area contributed by atoms with E-state index in [9.17, 15) is 9.59 Å². The molecule has 1 rings (SSSR count). The van der Waals surface area contributed by atoms with E-state index in [1.165, 1.54) is 0 Å². The summed E-state index contributed by atoms with van der Waals surface area (Å²) in [5.74, 6) is 1.46. The number of carboxylic acids is 1. The molecule has 122 valence electrons. The average Bonchev–Trinajstić information content (AvgIpc) is 2.43. The number of hydrogen-bond donors (Lipinski definition) is 2. The first kappa shape index (κ1) is 18.6. The summed E-state index contributed by atoms with van der Waals surface area (Å²) < 4.78 is 0. The molecule has 2 N–H and O–H groups in total. The fraction of sp³-hybridized carbons (Fsp3) is 0.529. The number of hydrogen-bond acceptors (Lipinski definition) is 3. The second-order valence-electron chi connectivity index (χ2n) is 5.87. The minimum Gasteiger partial charge on any atom is -0.481 e. The lowest BCUT2D eigenvalue weighted by atomic mass is 9.94. The predicted molar refractivity (Wildman–Crippen MR) is 92.1 cm³/mol. The molecule has 22 heavy (non-hydrogen) atoms. The highest BCUT2D eigenvalue weighted by Gasteiger charge is 2.12. The first-order valence-electron chi connectivity index (χ1n) is 7.56. The highest BCUT2D eigenvalue weighted by molar-refractivity contribution is 7.98. The van der Waals surface area contributed by atoms with Crippen molar-refractivity contribution < 1.29 is 14.7 Å². The van der Waals surface area contributed by atoms with Crippen LogP contribution in [0.4, 0.5) is 5.69 Å². The third kappa shape index (κ3) is 7.50. The Morgan fingerprint density at radius 3 is 2.64 bits per heavy atom. The molecule has 0 aliphatic carbocycles. The third-order valence-corrected chi connectivity index (χ3v) is 4.62. The lowest BCUT2D eigenvalue weighted by Gasteiger charge is -2.15. The molecule has 1 aromatic rings. The van der Waals surface area contributed by atoms with E-state index >= 15 is 0 Å². The first-order valence-corrected chi connectivity index (χ1v) is 8.72. The largest absolute Gasteiger partial charge is 0.481 e. The van der Waals surface area contributed by atoms with Crippen LogP contribution in [0.5, 0.6) is 0 Å². The molecule has 0 spiro atoms. The van der Waals surface area contributed by atoms with Gasteiger partial charge in [0.1, 0.15) is 0 Å². The molecule has 0 saturated carbocycles. The summed E-state index contributed by atoms with van der Waals surface area (Å²) in [5.41, 5.74) is 1.89. The minimum absolute atomic E-state index is 0.0388. The standard InChI is InChI=1S/C17H25NO3S/c1-12(2)13(3)9-16(19)18-15-6-4-5-14(10-15)11-22-8-7-17(20)21/h4-6,10,12-13H,7-9,11H2,1-3H3,(H,18,19)(H,20,21). The normalized spacial score (nSPS) is 12.2. The van der Waals surface area contributed by atoms with Crippen molar-refractivity contribution in [1.29, 1.82) is 0 Å². The van der Waals surface area contributed by atoms with Crippen LogP contribution in [0.3, 0.4) is 0 Å². The van der Waals surface area contributed by atoms with Crippen LogP contribution in [0.1, 0.15) is 39.2 Å². The summed E-state index contributed by atoms with van der Waals surface area (Å²) in [7, 11) is 0. The van der Waals surface area contributed by atoms with Gasteiger partial charge in [-0.3, -0.25) is 9.59 Å². The number of rotatable bonds is 9. The van der Waals surface area contributed by atoms with Crippen molar-refractivity contribution in [1.82, 2.24) is 0 Å². The van der Waals surface area contributed by atoms with Crippen LogP contribution in [-0.4, -0.2) is 22.7 Å². The Kier molecular flexibility index (Phi) is 8.02. The highest BCUT2D eigenvalue weighted by atomic mass is 32.2. The minimum atomic E-state index is -0.771. The maximum absolute atomic E-state index is 12.0. The van der Waals surface area contributed by atoms with Gasteiger partial charge >= 0.3 is 5.97 Å². The number of anilines is 1. The van der Waals surface area contributed by atoms with Gasteiger partial charge in [0.15, 0.2) is 0 Å². The van der Waals surface area contributed by atoms with Crippen LogP contribution < -0.4 is 5.32 Å². The topological polar surface area (TPSA) is 66.4 Å². The van der Waals surface area contributed by atoms with Crippen molar-refractivity contribution in [3.63, 3.8) is 0 Å². The van der Waals surface area contributed by atoms with Crippen LogP contribution >= 0.6 is 11.8 Å². The SMILES string of the molecule is CC(C)C(C)CC(=O)Nc1cccc(CSCCC(=O)O)c1. The van der Waals surface area contributed by atoms with Gasteiger partial charge in [-0.2, -0.15) is 11.8 Å². The zero-order valence-corrected chi connectivity index (χ0v) is 14.3. The molecule has 5 heteroatoms. The molecule has 1 atom stereocenters. The lowest BCUT2D eigenvalue weighted by molar-refractivity contribution is -0.136. The maximum Gasteiger partial charge on any atom is 0.304 e. The predicted octanol–water partition coefficient (Wildman–Crippen LogP) is 4.02. The molecule has 0 heterocycles. The molecule has 0 bridgehead atoms. The molecule has 1 unspecified atom stereocenters. The van der Waals surface area contributed by atoms with Gasteiger partial charge in [0.05, 0.1) is 6.42 Å². The van der Waals surface area contributed by atoms with E-state index in [4.69, 9.17) is 5.11 Å². The quantitative estimate of drug-likeness (QED) is 0.674. The van der Waals surface area contributed by atoms with Crippen LogP contribution in [-0.2, 0) is 15.3 Å².